The van der Waals surface area contributed by atoms with Gasteiger partial charge in [-0.3, -0.25) is 0 Å². The van der Waals surface area contributed by atoms with Crippen molar-refractivity contribution in [3.05, 3.63) is 41.1 Å². The summed E-state index contributed by atoms with van der Waals surface area (Å²) in [6.07, 6.45) is 0.870. The fourth-order valence-electron chi connectivity index (χ4n) is 1.10. The minimum atomic E-state index is -0.792. The topological polar surface area (TPSA) is 61.0 Å². The maximum Gasteiger partial charge on any atom is 0.260 e. The number of hydrogen-bond acceptors (Lipinski definition) is 4. The molecule has 0 saturated carbocycles. The van der Waals surface area contributed by atoms with Crippen molar-refractivity contribution in [2.45, 2.75) is 0 Å². The molecule has 1 aromatic heterocycles. The van der Waals surface area contributed by atoms with Crippen LogP contribution >= 0.6 is 11.6 Å². The Morgan fingerprint density at radius 3 is 2.76 bits per heavy atom. The zero-order valence-electron chi connectivity index (χ0n) is 8.32. The quantitative estimate of drug-likeness (QED) is 0.899. The first-order chi connectivity index (χ1) is 8.06. The third-order valence-electron chi connectivity index (χ3n) is 1.83. The third-order valence-corrected chi connectivity index (χ3v) is 2.13. The average Bonchev–Trinajstić information content (AvgIpc) is 2.27. The maximum atomic E-state index is 13.2. The standard InChI is InChI=1S/C10H6ClF2N3O/c11-6-3-5(12)1-2-8(6)17-9-7(13)4-15-10(14)16-9/h1-4H,(H2,14,15,16). The smallest absolute Gasteiger partial charge is 0.260 e. The molecule has 0 bridgehead atoms. The van der Waals surface area contributed by atoms with Crippen molar-refractivity contribution in [2.75, 3.05) is 5.73 Å². The van der Waals surface area contributed by atoms with Gasteiger partial charge in [0.1, 0.15) is 11.6 Å². The Kier molecular flexibility index (Phi) is 3.06. The van der Waals surface area contributed by atoms with Crippen molar-refractivity contribution >= 4 is 17.5 Å². The Bertz CT molecular complexity index is 565. The number of aromatic nitrogens is 2. The highest BCUT2D eigenvalue weighted by Gasteiger charge is 2.11. The van der Waals surface area contributed by atoms with Crippen LogP contribution in [0.3, 0.4) is 0 Å². The first kappa shape index (κ1) is 11.5. The SMILES string of the molecule is Nc1ncc(F)c(Oc2ccc(F)cc2Cl)n1. The number of rotatable bonds is 2. The molecule has 2 N–H and O–H groups in total. The number of halogens is 3. The molecule has 2 aromatic rings. The largest absolute Gasteiger partial charge is 0.435 e. The van der Waals surface area contributed by atoms with E-state index < -0.39 is 11.6 Å². The molecule has 1 heterocycles. The van der Waals surface area contributed by atoms with Gasteiger partial charge >= 0.3 is 0 Å². The summed E-state index contributed by atoms with van der Waals surface area (Å²) in [7, 11) is 0. The number of hydrogen-bond donors (Lipinski definition) is 1. The predicted molar refractivity (Wildman–Crippen MR) is 57.9 cm³/mol. The van der Waals surface area contributed by atoms with Crippen LogP contribution in [0.2, 0.25) is 5.02 Å². The number of benzene rings is 1. The summed E-state index contributed by atoms with van der Waals surface area (Å²) in [6, 6.07) is 3.43. The molecule has 0 atom stereocenters. The lowest BCUT2D eigenvalue weighted by atomic mass is 10.3. The highest BCUT2D eigenvalue weighted by Crippen LogP contribution is 2.30. The van der Waals surface area contributed by atoms with Crippen molar-refractivity contribution in [1.29, 1.82) is 0 Å². The molecule has 0 amide bonds. The van der Waals surface area contributed by atoms with E-state index in [-0.39, 0.29) is 22.6 Å². The second kappa shape index (κ2) is 4.50. The number of nitrogen functional groups attached to an aromatic ring is 1. The van der Waals surface area contributed by atoms with Crippen LogP contribution in [-0.2, 0) is 0 Å². The van der Waals surface area contributed by atoms with Crippen LogP contribution < -0.4 is 10.5 Å². The van der Waals surface area contributed by atoms with Gasteiger partial charge in [-0.25, -0.2) is 9.37 Å². The van der Waals surface area contributed by atoms with E-state index >= 15 is 0 Å². The molecule has 17 heavy (non-hydrogen) atoms. The summed E-state index contributed by atoms with van der Waals surface area (Å²) in [5.41, 5.74) is 5.28. The molecule has 0 aliphatic carbocycles. The van der Waals surface area contributed by atoms with Crippen LogP contribution in [0.4, 0.5) is 14.7 Å². The molecule has 7 heteroatoms. The molecule has 0 aliphatic rings. The van der Waals surface area contributed by atoms with Gasteiger partial charge in [0.05, 0.1) is 11.2 Å². The van der Waals surface area contributed by atoms with Crippen LogP contribution in [0, 0.1) is 11.6 Å². The van der Waals surface area contributed by atoms with Crippen molar-refractivity contribution in [3.8, 4) is 11.6 Å². The minimum Gasteiger partial charge on any atom is -0.435 e. The predicted octanol–water partition coefficient (Wildman–Crippen LogP) is 2.78. The van der Waals surface area contributed by atoms with Crippen LogP contribution in [0.5, 0.6) is 11.6 Å². The zero-order chi connectivity index (χ0) is 12.4. The van der Waals surface area contributed by atoms with Crippen LogP contribution in [0.25, 0.3) is 0 Å². The Balaban J connectivity index is 2.34. The molecule has 0 fully saturated rings. The molecule has 0 aliphatic heterocycles. The monoisotopic (exact) mass is 257 g/mol. The lowest BCUT2D eigenvalue weighted by Crippen LogP contribution is -1.99. The fraction of sp³-hybridized carbons (Fsp3) is 0. The first-order valence-electron chi connectivity index (χ1n) is 4.47. The molecule has 4 nitrogen and oxygen atoms in total. The third kappa shape index (κ3) is 2.59. The van der Waals surface area contributed by atoms with Crippen LogP contribution in [0.1, 0.15) is 0 Å². The number of anilines is 1. The summed E-state index contributed by atoms with van der Waals surface area (Å²) >= 11 is 5.71. The maximum absolute atomic E-state index is 13.2. The number of nitrogens with two attached hydrogens (primary N) is 1. The molecule has 0 saturated heterocycles. The molecule has 0 spiro atoms. The van der Waals surface area contributed by atoms with E-state index in [1.807, 2.05) is 0 Å². The normalized spacial score (nSPS) is 10.3. The lowest BCUT2D eigenvalue weighted by molar-refractivity contribution is 0.420. The summed E-state index contributed by atoms with van der Waals surface area (Å²) in [5.74, 6) is -1.75. The van der Waals surface area contributed by atoms with Gasteiger partial charge < -0.3 is 10.5 Å². The summed E-state index contributed by atoms with van der Waals surface area (Å²) in [6.45, 7) is 0. The van der Waals surface area contributed by atoms with Gasteiger partial charge in [0.25, 0.3) is 5.88 Å². The van der Waals surface area contributed by atoms with E-state index in [0.717, 1.165) is 18.3 Å². The Morgan fingerprint density at radius 2 is 2.06 bits per heavy atom. The van der Waals surface area contributed by atoms with E-state index in [1.165, 1.54) is 6.07 Å². The fourth-order valence-corrected chi connectivity index (χ4v) is 1.30. The Labute approximate surface area is 100 Å². The van der Waals surface area contributed by atoms with E-state index in [2.05, 4.69) is 9.97 Å². The first-order valence-corrected chi connectivity index (χ1v) is 4.85. The Hall–Kier alpha value is -1.95. The van der Waals surface area contributed by atoms with Crippen molar-refractivity contribution in [2.24, 2.45) is 0 Å². The summed E-state index contributed by atoms with van der Waals surface area (Å²) in [4.78, 5) is 6.98. The van der Waals surface area contributed by atoms with E-state index in [0.29, 0.717) is 0 Å². The molecule has 2 rings (SSSR count). The second-order valence-electron chi connectivity index (χ2n) is 3.06. The van der Waals surface area contributed by atoms with Crippen molar-refractivity contribution in [3.63, 3.8) is 0 Å². The highest BCUT2D eigenvalue weighted by atomic mass is 35.5. The van der Waals surface area contributed by atoms with Gasteiger partial charge in [-0.1, -0.05) is 11.6 Å². The molecule has 0 unspecified atom stereocenters. The van der Waals surface area contributed by atoms with Crippen molar-refractivity contribution < 1.29 is 13.5 Å². The number of ether oxygens (including phenoxy) is 1. The van der Waals surface area contributed by atoms with Gasteiger partial charge in [-0.15, -0.1) is 0 Å². The molecule has 1 aromatic carbocycles. The molecular weight excluding hydrogens is 252 g/mol. The lowest BCUT2D eigenvalue weighted by Gasteiger charge is -2.07. The highest BCUT2D eigenvalue weighted by molar-refractivity contribution is 6.32. The molecule has 88 valence electrons. The summed E-state index contributed by atoms with van der Waals surface area (Å²) in [5, 5.41) is 0.00147. The van der Waals surface area contributed by atoms with Crippen LogP contribution in [-0.4, -0.2) is 9.97 Å². The van der Waals surface area contributed by atoms with E-state index in [9.17, 15) is 8.78 Å². The summed E-state index contributed by atoms with van der Waals surface area (Å²) < 4.78 is 31.1. The Morgan fingerprint density at radius 1 is 1.29 bits per heavy atom. The molecular formula is C10H6ClF2N3O. The van der Waals surface area contributed by atoms with Crippen molar-refractivity contribution in [1.82, 2.24) is 9.97 Å². The van der Waals surface area contributed by atoms with Gasteiger partial charge in [0.15, 0.2) is 0 Å². The minimum absolute atomic E-state index is 0.00147. The second-order valence-corrected chi connectivity index (χ2v) is 3.47. The van der Waals surface area contributed by atoms with E-state index in [4.69, 9.17) is 22.1 Å². The van der Waals surface area contributed by atoms with Gasteiger partial charge in [-0.2, -0.15) is 9.37 Å². The van der Waals surface area contributed by atoms with Crippen LogP contribution in [0.15, 0.2) is 24.4 Å². The van der Waals surface area contributed by atoms with Gasteiger partial charge in [-0.05, 0) is 18.2 Å². The van der Waals surface area contributed by atoms with Gasteiger partial charge in [0.2, 0.25) is 11.8 Å². The van der Waals surface area contributed by atoms with E-state index in [1.54, 1.807) is 0 Å². The van der Waals surface area contributed by atoms with Gasteiger partial charge in [0, 0.05) is 0 Å². The molecule has 0 radical (unpaired) electrons. The average molecular weight is 258 g/mol. The zero-order valence-corrected chi connectivity index (χ0v) is 9.08. The number of nitrogens with zero attached hydrogens (tertiary/aromatic N) is 2.